The van der Waals surface area contributed by atoms with Crippen LogP contribution >= 0.6 is 0 Å². The number of nitrogens with zero attached hydrogens (tertiary/aromatic N) is 1. The van der Waals surface area contributed by atoms with Gasteiger partial charge in [0, 0.05) is 12.7 Å². The van der Waals surface area contributed by atoms with Crippen LogP contribution in [0.3, 0.4) is 0 Å². The van der Waals surface area contributed by atoms with E-state index in [1.54, 1.807) is 18.3 Å². The van der Waals surface area contributed by atoms with Gasteiger partial charge in [0.15, 0.2) is 11.5 Å². The molecule has 1 aliphatic heterocycles. The average molecular weight is 329 g/mol. The van der Waals surface area contributed by atoms with Crippen molar-refractivity contribution < 1.29 is 19.0 Å². The van der Waals surface area contributed by atoms with Gasteiger partial charge < -0.3 is 24.8 Å². The molecule has 1 aromatic heterocycles. The van der Waals surface area contributed by atoms with Gasteiger partial charge in [-0.3, -0.25) is 0 Å². The maximum Gasteiger partial charge on any atom is 0.319 e. The van der Waals surface area contributed by atoms with Crippen molar-refractivity contribution in [2.24, 2.45) is 0 Å². The number of amides is 2. The standard InChI is InChI=1S/C17H19N3O4/c1-22-16-13(3-2-7-18-16)20-17(21)19-8-6-12-4-5-14-15(11-12)24-10-9-23-14/h2-5,7,11H,6,8-10H2,1H3,(H2,19,20,21). The fourth-order valence-corrected chi connectivity index (χ4v) is 2.38. The third-order valence-corrected chi connectivity index (χ3v) is 3.52. The van der Waals surface area contributed by atoms with Crippen LogP contribution in [0.2, 0.25) is 0 Å². The van der Waals surface area contributed by atoms with E-state index in [0.717, 1.165) is 17.1 Å². The molecule has 24 heavy (non-hydrogen) atoms. The van der Waals surface area contributed by atoms with E-state index in [-0.39, 0.29) is 6.03 Å². The van der Waals surface area contributed by atoms with E-state index in [1.807, 2.05) is 18.2 Å². The molecule has 1 aliphatic rings. The third-order valence-electron chi connectivity index (χ3n) is 3.52. The van der Waals surface area contributed by atoms with E-state index in [2.05, 4.69) is 15.6 Å². The lowest BCUT2D eigenvalue weighted by molar-refractivity contribution is 0.171. The number of fused-ring (bicyclic) bond motifs is 1. The number of hydrogen-bond acceptors (Lipinski definition) is 5. The van der Waals surface area contributed by atoms with Gasteiger partial charge in [-0.2, -0.15) is 0 Å². The van der Waals surface area contributed by atoms with E-state index in [4.69, 9.17) is 14.2 Å². The highest BCUT2D eigenvalue weighted by molar-refractivity contribution is 5.90. The second-order valence-corrected chi connectivity index (χ2v) is 5.17. The van der Waals surface area contributed by atoms with Gasteiger partial charge in [0.25, 0.3) is 0 Å². The first kappa shape index (κ1) is 15.9. The molecular formula is C17H19N3O4. The first-order chi connectivity index (χ1) is 11.8. The van der Waals surface area contributed by atoms with Crippen LogP contribution in [0, 0.1) is 0 Å². The van der Waals surface area contributed by atoms with Crippen molar-refractivity contribution in [1.82, 2.24) is 10.3 Å². The number of methoxy groups -OCH3 is 1. The van der Waals surface area contributed by atoms with Crippen LogP contribution in [0.15, 0.2) is 36.5 Å². The first-order valence-corrected chi connectivity index (χ1v) is 7.68. The van der Waals surface area contributed by atoms with E-state index < -0.39 is 0 Å². The molecule has 126 valence electrons. The molecule has 0 bridgehead atoms. The Bertz CT molecular complexity index is 721. The minimum absolute atomic E-state index is 0.307. The minimum atomic E-state index is -0.307. The maximum atomic E-state index is 12.0. The van der Waals surface area contributed by atoms with Gasteiger partial charge in [0.05, 0.1) is 7.11 Å². The molecule has 7 heteroatoms. The lowest BCUT2D eigenvalue weighted by atomic mass is 10.1. The summed E-state index contributed by atoms with van der Waals surface area (Å²) in [4.78, 5) is 16.0. The number of aromatic nitrogens is 1. The molecule has 0 radical (unpaired) electrons. The van der Waals surface area contributed by atoms with E-state index in [9.17, 15) is 4.79 Å². The molecule has 2 aromatic rings. The zero-order valence-corrected chi connectivity index (χ0v) is 13.4. The summed E-state index contributed by atoms with van der Waals surface area (Å²) in [5.74, 6) is 1.89. The highest BCUT2D eigenvalue weighted by Gasteiger charge is 2.12. The smallest absolute Gasteiger partial charge is 0.319 e. The normalized spacial score (nSPS) is 12.4. The molecule has 0 aliphatic carbocycles. The highest BCUT2D eigenvalue weighted by atomic mass is 16.6. The Balaban J connectivity index is 1.50. The van der Waals surface area contributed by atoms with Gasteiger partial charge in [-0.15, -0.1) is 0 Å². The quantitative estimate of drug-likeness (QED) is 0.879. The Kier molecular flexibility index (Phi) is 5.00. The number of anilines is 1. The molecule has 0 saturated carbocycles. The highest BCUT2D eigenvalue weighted by Crippen LogP contribution is 2.30. The van der Waals surface area contributed by atoms with Crippen molar-refractivity contribution in [3.63, 3.8) is 0 Å². The van der Waals surface area contributed by atoms with Crippen LogP contribution < -0.4 is 24.8 Å². The Hall–Kier alpha value is -2.96. The molecule has 2 N–H and O–H groups in total. The number of ether oxygens (including phenoxy) is 3. The summed E-state index contributed by atoms with van der Waals surface area (Å²) in [5, 5.41) is 5.52. The maximum absolute atomic E-state index is 12.0. The van der Waals surface area contributed by atoms with Crippen LogP contribution in [0.1, 0.15) is 5.56 Å². The third kappa shape index (κ3) is 3.87. The molecule has 0 unspecified atom stereocenters. The average Bonchev–Trinajstić information content (AvgIpc) is 2.62. The Morgan fingerprint density at radius 3 is 2.92 bits per heavy atom. The Morgan fingerprint density at radius 2 is 2.08 bits per heavy atom. The minimum Gasteiger partial charge on any atom is -0.486 e. The molecular weight excluding hydrogens is 310 g/mol. The molecule has 7 nitrogen and oxygen atoms in total. The van der Waals surface area contributed by atoms with Crippen molar-refractivity contribution in [2.75, 3.05) is 32.2 Å². The number of carbonyl (C=O) groups excluding carboxylic acids is 1. The fourth-order valence-electron chi connectivity index (χ4n) is 2.38. The number of carbonyl (C=O) groups is 1. The second kappa shape index (κ2) is 7.54. The van der Waals surface area contributed by atoms with E-state index in [0.29, 0.717) is 37.7 Å². The largest absolute Gasteiger partial charge is 0.486 e. The summed E-state index contributed by atoms with van der Waals surface area (Å²) in [6.45, 7) is 1.63. The van der Waals surface area contributed by atoms with Crippen molar-refractivity contribution in [3.8, 4) is 17.4 Å². The monoisotopic (exact) mass is 329 g/mol. The topological polar surface area (TPSA) is 81.7 Å². The number of hydrogen-bond donors (Lipinski definition) is 2. The summed E-state index contributed by atoms with van der Waals surface area (Å²) in [7, 11) is 1.51. The molecule has 0 spiro atoms. The zero-order valence-electron chi connectivity index (χ0n) is 13.4. The summed E-state index contributed by atoms with van der Waals surface area (Å²) in [5.41, 5.74) is 1.59. The first-order valence-electron chi connectivity index (χ1n) is 7.68. The van der Waals surface area contributed by atoms with Crippen LogP contribution in [0.25, 0.3) is 0 Å². The second-order valence-electron chi connectivity index (χ2n) is 5.17. The van der Waals surface area contributed by atoms with Crippen molar-refractivity contribution in [3.05, 3.63) is 42.1 Å². The SMILES string of the molecule is COc1ncccc1NC(=O)NCCc1ccc2c(c1)OCCO2. The van der Waals surface area contributed by atoms with Gasteiger partial charge in [-0.1, -0.05) is 6.07 Å². The molecule has 0 atom stereocenters. The summed E-state index contributed by atoms with van der Waals surface area (Å²) in [6.07, 6.45) is 2.29. The van der Waals surface area contributed by atoms with Crippen LogP contribution in [-0.2, 0) is 6.42 Å². The Morgan fingerprint density at radius 1 is 1.25 bits per heavy atom. The van der Waals surface area contributed by atoms with Crippen molar-refractivity contribution in [2.45, 2.75) is 6.42 Å². The lowest BCUT2D eigenvalue weighted by Gasteiger charge is -2.18. The van der Waals surface area contributed by atoms with Gasteiger partial charge >= 0.3 is 6.03 Å². The molecule has 1 aromatic carbocycles. The van der Waals surface area contributed by atoms with Crippen molar-refractivity contribution in [1.29, 1.82) is 0 Å². The van der Waals surface area contributed by atoms with Gasteiger partial charge in [0.2, 0.25) is 5.88 Å². The lowest BCUT2D eigenvalue weighted by Crippen LogP contribution is -2.30. The predicted octanol–water partition coefficient (Wildman–Crippen LogP) is 2.23. The fraction of sp³-hybridized carbons (Fsp3) is 0.294. The molecule has 0 fully saturated rings. The summed E-state index contributed by atoms with van der Waals surface area (Å²) >= 11 is 0. The Labute approximate surface area is 139 Å². The van der Waals surface area contributed by atoms with E-state index >= 15 is 0 Å². The van der Waals surface area contributed by atoms with Crippen LogP contribution in [0.4, 0.5) is 10.5 Å². The zero-order chi connectivity index (χ0) is 16.8. The van der Waals surface area contributed by atoms with Crippen LogP contribution in [-0.4, -0.2) is 37.9 Å². The number of rotatable bonds is 5. The summed E-state index contributed by atoms with van der Waals surface area (Å²) in [6, 6.07) is 8.96. The van der Waals surface area contributed by atoms with Crippen LogP contribution in [0.5, 0.6) is 17.4 Å². The predicted molar refractivity (Wildman–Crippen MR) is 88.9 cm³/mol. The van der Waals surface area contributed by atoms with Gasteiger partial charge in [-0.25, -0.2) is 9.78 Å². The number of nitrogens with one attached hydrogen (secondary N) is 2. The van der Waals surface area contributed by atoms with Gasteiger partial charge in [-0.05, 0) is 36.2 Å². The van der Waals surface area contributed by atoms with E-state index in [1.165, 1.54) is 7.11 Å². The molecule has 2 heterocycles. The molecule has 0 saturated heterocycles. The molecule has 2 amide bonds. The number of urea groups is 1. The van der Waals surface area contributed by atoms with Gasteiger partial charge in [0.1, 0.15) is 18.9 Å². The van der Waals surface area contributed by atoms with Crippen molar-refractivity contribution >= 4 is 11.7 Å². The number of benzene rings is 1. The summed E-state index contributed by atoms with van der Waals surface area (Å²) < 4.78 is 16.1. The number of pyridine rings is 1. The molecule has 3 rings (SSSR count).